The third-order valence-corrected chi connectivity index (χ3v) is 4.28. The second-order valence-corrected chi connectivity index (χ2v) is 6.05. The van der Waals surface area contributed by atoms with E-state index < -0.39 is 23.7 Å². The molecule has 0 fully saturated rings. The van der Waals surface area contributed by atoms with Crippen LogP contribution in [0.2, 0.25) is 5.02 Å². The fourth-order valence-corrected chi connectivity index (χ4v) is 2.77. The molecule has 0 saturated heterocycles. The first-order chi connectivity index (χ1) is 12.9. The zero-order valence-corrected chi connectivity index (χ0v) is 14.9. The topological polar surface area (TPSA) is 106 Å². The Bertz CT molecular complexity index is 925. The number of ether oxygens (including phenoxy) is 1. The maximum absolute atomic E-state index is 12.2. The zero-order valence-electron chi connectivity index (χ0n) is 14.2. The zero-order chi connectivity index (χ0) is 19.6. The Balaban J connectivity index is 1.65. The number of pyridine rings is 1. The lowest BCUT2D eigenvalue weighted by Crippen LogP contribution is -2.33. The van der Waals surface area contributed by atoms with Gasteiger partial charge in [0.1, 0.15) is 5.69 Å². The fourth-order valence-electron chi connectivity index (χ4n) is 2.61. The highest BCUT2D eigenvalue weighted by Gasteiger charge is 2.36. The number of imide groups is 1. The number of aromatic nitrogens is 1. The molecule has 1 aromatic heterocycles. The van der Waals surface area contributed by atoms with Crippen molar-refractivity contribution < 1.29 is 23.9 Å². The Labute approximate surface area is 159 Å². The summed E-state index contributed by atoms with van der Waals surface area (Å²) >= 11 is 6.03. The van der Waals surface area contributed by atoms with Crippen LogP contribution in [0.15, 0.2) is 36.5 Å². The number of carbonyl (C=O) groups is 4. The summed E-state index contributed by atoms with van der Waals surface area (Å²) in [4.78, 5) is 53.1. The molecule has 0 bridgehead atoms. The summed E-state index contributed by atoms with van der Waals surface area (Å²) in [5.74, 6) is -2.06. The van der Waals surface area contributed by atoms with Crippen LogP contribution in [0.5, 0.6) is 0 Å². The van der Waals surface area contributed by atoms with Crippen LogP contribution in [-0.4, -0.2) is 47.2 Å². The molecule has 0 unspecified atom stereocenters. The standard InChI is InChI=1S/C18H14ClN3O5/c1-27-18(26)10-4-5-12(19)13(9-10)21-14(23)6-8-22-16(24)11-3-2-7-20-15(11)17(22)25/h2-5,7,9H,6,8H2,1H3,(H,21,23). The van der Waals surface area contributed by atoms with Crippen molar-refractivity contribution in [2.24, 2.45) is 0 Å². The normalized spacial score (nSPS) is 12.7. The van der Waals surface area contributed by atoms with Gasteiger partial charge in [-0.2, -0.15) is 0 Å². The highest BCUT2D eigenvalue weighted by Crippen LogP contribution is 2.24. The maximum atomic E-state index is 12.2. The number of methoxy groups -OCH3 is 1. The number of nitrogens with zero attached hydrogens (tertiary/aromatic N) is 2. The third kappa shape index (κ3) is 3.65. The Hall–Kier alpha value is -3.26. The van der Waals surface area contributed by atoms with Gasteiger partial charge in [0.25, 0.3) is 11.8 Å². The number of hydrogen-bond donors (Lipinski definition) is 1. The van der Waals surface area contributed by atoms with Gasteiger partial charge in [-0.25, -0.2) is 4.79 Å². The first-order valence-electron chi connectivity index (χ1n) is 7.91. The van der Waals surface area contributed by atoms with Crippen molar-refractivity contribution in [3.63, 3.8) is 0 Å². The van der Waals surface area contributed by atoms with E-state index in [-0.39, 0.29) is 40.5 Å². The van der Waals surface area contributed by atoms with Gasteiger partial charge in [0.15, 0.2) is 0 Å². The van der Waals surface area contributed by atoms with Crippen LogP contribution in [0.4, 0.5) is 5.69 Å². The van der Waals surface area contributed by atoms with Crippen LogP contribution in [0, 0.1) is 0 Å². The predicted octanol–water partition coefficient (Wildman–Crippen LogP) is 2.15. The summed E-state index contributed by atoms with van der Waals surface area (Å²) in [6.45, 7) is -0.103. The Morgan fingerprint density at radius 2 is 2.00 bits per heavy atom. The number of nitrogens with one attached hydrogen (secondary N) is 1. The minimum Gasteiger partial charge on any atom is -0.465 e. The molecule has 2 heterocycles. The van der Waals surface area contributed by atoms with Gasteiger partial charge in [-0.3, -0.25) is 24.3 Å². The fraction of sp³-hybridized carbons (Fsp3) is 0.167. The summed E-state index contributed by atoms with van der Waals surface area (Å²) in [6.07, 6.45) is 1.29. The first kappa shape index (κ1) is 18.5. The molecule has 0 radical (unpaired) electrons. The van der Waals surface area contributed by atoms with E-state index in [0.29, 0.717) is 0 Å². The minimum absolute atomic E-state index is 0.0803. The Morgan fingerprint density at radius 1 is 1.22 bits per heavy atom. The molecule has 0 aliphatic carbocycles. The second-order valence-electron chi connectivity index (χ2n) is 5.65. The van der Waals surface area contributed by atoms with Crippen molar-refractivity contribution in [3.05, 3.63) is 58.4 Å². The van der Waals surface area contributed by atoms with E-state index in [1.165, 1.54) is 37.6 Å². The van der Waals surface area contributed by atoms with E-state index in [2.05, 4.69) is 15.0 Å². The molecule has 9 heteroatoms. The molecule has 0 atom stereocenters. The maximum Gasteiger partial charge on any atom is 0.337 e. The summed E-state index contributed by atoms with van der Waals surface area (Å²) < 4.78 is 4.62. The monoisotopic (exact) mass is 387 g/mol. The molecule has 8 nitrogen and oxygen atoms in total. The van der Waals surface area contributed by atoms with Crippen molar-refractivity contribution in [1.82, 2.24) is 9.88 Å². The quantitative estimate of drug-likeness (QED) is 0.622. The molecular formula is C18H14ClN3O5. The summed E-state index contributed by atoms with van der Waals surface area (Å²) in [5, 5.41) is 2.80. The average molecular weight is 388 g/mol. The summed E-state index contributed by atoms with van der Waals surface area (Å²) in [6, 6.07) is 7.39. The molecule has 2 aromatic rings. The van der Waals surface area contributed by atoms with Crippen molar-refractivity contribution in [2.45, 2.75) is 6.42 Å². The summed E-state index contributed by atoms with van der Waals surface area (Å²) in [5.41, 5.74) is 0.755. The van der Waals surface area contributed by atoms with E-state index in [0.717, 1.165) is 4.90 Å². The molecule has 0 spiro atoms. The molecule has 27 heavy (non-hydrogen) atoms. The van der Waals surface area contributed by atoms with Crippen molar-refractivity contribution >= 4 is 41.0 Å². The van der Waals surface area contributed by atoms with Crippen LogP contribution in [0.1, 0.15) is 37.6 Å². The lowest BCUT2D eigenvalue weighted by Gasteiger charge is -2.14. The predicted molar refractivity (Wildman–Crippen MR) is 95.6 cm³/mol. The van der Waals surface area contributed by atoms with Crippen molar-refractivity contribution in [3.8, 4) is 0 Å². The van der Waals surface area contributed by atoms with Crippen LogP contribution >= 0.6 is 11.6 Å². The van der Waals surface area contributed by atoms with E-state index in [9.17, 15) is 19.2 Å². The lowest BCUT2D eigenvalue weighted by atomic mass is 10.2. The number of anilines is 1. The van der Waals surface area contributed by atoms with Gasteiger partial charge in [0, 0.05) is 19.2 Å². The summed E-state index contributed by atoms with van der Waals surface area (Å²) in [7, 11) is 1.24. The third-order valence-electron chi connectivity index (χ3n) is 3.96. The highest BCUT2D eigenvalue weighted by atomic mass is 35.5. The molecule has 1 aliphatic heterocycles. The second kappa shape index (κ2) is 7.55. The van der Waals surface area contributed by atoms with Gasteiger partial charge in [-0.1, -0.05) is 11.6 Å². The number of hydrogen-bond acceptors (Lipinski definition) is 6. The van der Waals surface area contributed by atoms with Crippen LogP contribution in [-0.2, 0) is 9.53 Å². The molecular weight excluding hydrogens is 374 g/mol. The first-order valence-corrected chi connectivity index (χ1v) is 8.29. The molecule has 0 saturated carbocycles. The molecule has 3 rings (SSSR count). The number of halogens is 1. The van der Waals surface area contributed by atoms with Gasteiger partial charge in [-0.15, -0.1) is 0 Å². The number of rotatable bonds is 5. The van der Waals surface area contributed by atoms with Crippen LogP contribution in [0.25, 0.3) is 0 Å². The largest absolute Gasteiger partial charge is 0.465 e. The number of fused-ring (bicyclic) bond motifs is 1. The van der Waals surface area contributed by atoms with Crippen LogP contribution < -0.4 is 5.32 Å². The van der Waals surface area contributed by atoms with Gasteiger partial charge < -0.3 is 10.1 Å². The van der Waals surface area contributed by atoms with Crippen LogP contribution in [0.3, 0.4) is 0 Å². The van der Waals surface area contributed by atoms with Crippen molar-refractivity contribution in [1.29, 1.82) is 0 Å². The minimum atomic E-state index is -0.569. The van der Waals surface area contributed by atoms with Gasteiger partial charge >= 0.3 is 5.97 Å². The molecule has 3 amide bonds. The Morgan fingerprint density at radius 3 is 2.70 bits per heavy atom. The van der Waals surface area contributed by atoms with Gasteiger partial charge in [0.05, 0.1) is 28.9 Å². The van der Waals surface area contributed by atoms with E-state index in [1.807, 2.05) is 0 Å². The molecule has 1 aromatic carbocycles. The highest BCUT2D eigenvalue weighted by molar-refractivity contribution is 6.33. The number of esters is 1. The van der Waals surface area contributed by atoms with Gasteiger partial charge in [0.2, 0.25) is 5.91 Å². The van der Waals surface area contributed by atoms with E-state index in [4.69, 9.17) is 11.6 Å². The van der Waals surface area contributed by atoms with Crippen molar-refractivity contribution in [2.75, 3.05) is 19.0 Å². The van der Waals surface area contributed by atoms with E-state index >= 15 is 0 Å². The smallest absolute Gasteiger partial charge is 0.337 e. The van der Waals surface area contributed by atoms with E-state index in [1.54, 1.807) is 6.07 Å². The Kier molecular flexibility index (Phi) is 5.18. The SMILES string of the molecule is COC(=O)c1ccc(Cl)c(NC(=O)CCN2C(=O)c3cccnc3C2=O)c1. The number of benzene rings is 1. The molecule has 1 aliphatic rings. The molecule has 138 valence electrons. The molecule has 1 N–H and O–H groups in total. The number of amides is 3. The van der Waals surface area contributed by atoms with Gasteiger partial charge in [-0.05, 0) is 30.3 Å². The lowest BCUT2D eigenvalue weighted by molar-refractivity contribution is -0.116. The average Bonchev–Trinajstić information content (AvgIpc) is 2.92. The number of carbonyl (C=O) groups excluding carboxylic acids is 4.